The van der Waals surface area contributed by atoms with Crippen molar-refractivity contribution >= 4 is 17.6 Å². The average Bonchev–Trinajstić information content (AvgIpc) is 2.83. The van der Waals surface area contributed by atoms with Crippen LogP contribution in [-0.4, -0.2) is 37.6 Å². The summed E-state index contributed by atoms with van der Waals surface area (Å²) in [5.74, 6) is 4.60. The van der Waals surface area contributed by atoms with Crippen LogP contribution in [0.15, 0.2) is 83.9 Å². The number of benzene rings is 3. The molecule has 31 heavy (non-hydrogen) atoms. The second-order valence-corrected chi connectivity index (χ2v) is 8.67. The molecule has 0 saturated heterocycles. The summed E-state index contributed by atoms with van der Waals surface area (Å²) in [4.78, 5) is 4.95. The van der Waals surface area contributed by atoms with E-state index >= 15 is 0 Å². The first-order chi connectivity index (χ1) is 15.2. The lowest BCUT2D eigenvalue weighted by molar-refractivity contribution is 0.413. The maximum Gasteiger partial charge on any atom is 0.118 e. The molecule has 1 aliphatic rings. The molecule has 0 amide bonds. The van der Waals surface area contributed by atoms with Crippen molar-refractivity contribution in [2.45, 2.75) is 18.5 Å². The first kappa shape index (κ1) is 21.3. The summed E-state index contributed by atoms with van der Waals surface area (Å²) in [6, 6.07) is 27.4. The molecule has 1 unspecified atom stereocenters. The predicted molar refractivity (Wildman–Crippen MR) is 130 cm³/mol. The van der Waals surface area contributed by atoms with E-state index in [-0.39, 0.29) is 0 Å². The molecule has 0 bridgehead atoms. The molecule has 3 aromatic rings. The van der Waals surface area contributed by atoms with E-state index in [0.29, 0.717) is 6.04 Å². The van der Waals surface area contributed by atoms with Gasteiger partial charge < -0.3 is 14.8 Å². The van der Waals surface area contributed by atoms with Gasteiger partial charge in [-0.15, -0.1) is 0 Å². The van der Waals surface area contributed by atoms with Crippen molar-refractivity contribution in [2.24, 2.45) is 4.99 Å². The van der Waals surface area contributed by atoms with Gasteiger partial charge >= 0.3 is 0 Å². The molecule has 5 heteroatoms. The number of hydrogen-bond donors (Lipinski definition) is 1. The largest absolute Gasteiger partial charge is 0.497 e. The molecule has 1 aliphatic heterocycles. The standard InChI is InChI=1S/C26H28N2O2S/c1-19-17-31-18-25(27-19)28-26(20-7-5-4-6-8-20,21-9-13-23(29-2)14-10-21)22-11-15-24(30-3)16-12-22/h4-16,19H,17-18H2,1-3H3,(H,27,28). The van der Waals surface area contributed by atoms with Crippen LogP contribution >= 0.6 is 11.8 Å². The fourth-order valence-electron chi connectivity index (χ4n) is 4.04. The Labute approximate surface area is 188 Å². The third-order valence-corrected chi connectivity index (χ3v) is 6.75. The van der Waals surface area contributed by atoms with E-state index in [9.17, 15) is 0 Å². The molecule has 0 fully saturated rings. The van der Waals surface area contributed by atoms with Gasteiger partial charge in [0.1, 0.15) is 22.9 Å². The highest BCUT2D eigenvalue weighted by molar-refractivity contribution is 8.00. The molecule has 3 aromatic carbocycles. The Balaban J connectivity index is 1.94. The maximum atomic E-state index is 5.42. The van der Waals surface area contributed by atoms with Crippen LogP contribution in [0.25, 0.3) is 0 Å². The first-order valence-electron chi connectivity index (χ1n) is 10.4. The van der Waals surface area contributed by atoms with Crippen LogP contribution in [0, 0.1) is 0 Å². The van der Waals surface area contributed by atoms with Crippen molar-refractivity contribution in [1.29, 1.82) is 0 Å². The number of nitrogens with one attached hydrogen (secondary N) is 1. The van der Waals surface area contributed by atoms with Gasteiger partial charge in [0.15, 0.2) is 0 Å². The van der Waals surface area contributed by atoms with Gasteiger partial charge in [0.05, 0.1) is 26.0 Å². The van der Waals surface area contributed by atoms with Gasteiger partial charge in [-0.1, -0.05) is 54.6 Å². The molecule has 1 heterocycles. The number of aliphatic imine (C=N–C) groups is 1. The molecule has 160 valence electrons. The van der Waals surface area contributed by atoms with Crippen molar-refractivity contribution in [1.82, 2.24) is 5.32 Å². The molecular formula is C26H28N2O2S. The Hall–Kier alpha value is -2.92. The van der Waals surface area contributed by atoms with Crippen LogP contribution in [0.3, 0.4) is 0 Å². The van der Waals surface area contributed by atoms with Crippen LogP contribution in [0.4, 0.5) is 0 Å². The Morgan fingerprint density at radius 2 is 1.32 bits per heavy atom. The van der Waals surface area contributed by atoms with Crippen molar-refractivity contribution < 1.29 is 9.47 Å². The summed E-state index contributed by atoms with van der Waals surface area (Å²) in [5.41, 5.74) is 2.79. The lowest BCUT2D eigenvalue weighted by Crippen LogP contribution is -2.49. The summed E-state index contributed by atoms with van der Waals surface area (Å²) in [7, 11) is 3.38. The fraction of sp³-hybridized carbons (Fsp3) is 0.269. The number of thioether (sulfide) groups is 1. The zero-order chi connectivity index (χ0) is 21.7. The molecule has 0 aliphatic carbocycles. The second kappa shape index (κ2) is 9.48. The summed E-state index contributed by atoms with van der Waals surface area (Å²) in [6.45, 7) is 2.17. The van der Waals surface area contributed by atoms with Gasteiger partial charge in [0.2, 0.25) is 0 Å². The summed E-state index contributed by atoms with van der Waals surface area (Å²) in [5, 5.41) is 3.87. The summed E-state index contributed by atoms with van der Waals surface area (Å²) in [6.07, 6.45) is 0. The van der Waals surface area contributed by atoms with E-state index in [1.165, 1.54) is 0 Å². The number of nitrogens with zero attached hydrogens (tertiary/aromatic N) is 1. The molecule has 0 aromatic heterocycles. The number of amidine groups is 1. The minimum atomic E-state index is -0.601. The molecule has 4 nitrogen and oxygen atoms in total. The predicted octanol–water partition coefficient (Wildman–Crippen LogP) is 5.12. The van der Waals surface area contributed by atoms with Crippen molar-refractivity contribution in [3.05, 3.63) is 95.6 Å². The summed E-state index contributed by atoms with van der Waals surface area (Å²) >= 11 is 1.92. The molecule has 0 spiro atoms. The zero-order valence-electron chi connectivity index (χ0n) is 18.2. The molecule has 0 saturated carbocycles. The van der Waals surface area contributed by atoms with Crippen LogP contribution in [0.5, 0.6) is 11.5 Å². The van der Waals surface area contributed by atoms with Crippen molar-refractivity contribution in [2.75, 3.05) is 25.7 Å². The van der Waals surface area contributed by atoms with E-state index in [2.05, 4.69) is 60.8 Å². The normalized spacial score (nSPS) is 16.4. The highest BCUT2D eigenvalue weighted by atomic mass is 32.2. The molecule has 1 N–H and O–H groups in total. The van der Waals surface area contributed by atoms with Gasteiger partial charge in [-0.25, -0.2) is 0 Å². The molecular weight excluding hydrogens is 404 g/mol. The highest BCUT2D eigenvalue weighted by Gasteiger charge is 2.38. The van der Waals surface area contributed by atoms with Crippen LogP contribution < -0.4 is 14.8 Å². The van der Waals surface area contributed by atoms with Gasteiger partial charge in [-0.05, 0) is 47.9 Å². The minimum Gasteiger partial charge on any atom is -0.497 e. The lowest BCUT2D eigenvalue weighted by Gasteiger charge is -2.39. The Kier molecular flexibility index (Phi) is 6.52. The monoisotopic (exact) mass is 432 g/mol. The van der Waals surface area contributed by atoms with Crippen molar-refractivity contribution in [3.8, 4) is 11.5 Å². The maximum absolute atomic E-state index is 5.42. The highest BCUT2D eigenvalue weighted by Crippen LogP contribution is 2.38. The molecule has 4 rings (SSSR count). The van der Waals surface area contributed by atoms with Crippen LogP contribution in [0.2, 0.25) is 0 Å². The van der Waals surface area contributed by atoms with Gasteiger partial charge in [-0.2, -0.15) is 11.8 Å². The Morgan fingerprint density at radius 3 is 1.81 bits per heavy atom. The SMILES string of the molecule is COc1ccc(C(NC2=NC(C)CSC2)(c2ccccc2)c2ccc(OC)cc2)cc1. The minimum absolute atomic E-state index is 0.293. The zero-order valence-corrected chi connectivity index (χ0v) is 19.0. The quantitative estimate of drug-likeness (QED) is 0.549. The number of rotatable bonds is 6. The number of hydrogen-bond acceptors (Lipinski definition) is 5. The van der Waals surface area contributed by atoms with Crippen LogP contribution in [-0.2, 0) is 5.54 Å². The number of methoxy groups -OCH3 is 2. The van der Waals surface area contributed by atoms with Gasteiger partial charge in [-0.3, -0.25) is 4.99 Å². The van der Waals surface area contributed by atoms with E-state index < -0.39 is 5.54 Å². The third-order valence-electron chi connectivity index (χ3n) is 5.56. The molecule has 1 atom stereocenters. The fourth-order valence-corrected chi connectivity index (χ4v) is 4.91. The topological polar surface area (TPSA) is 42.8 Å². The third kappa shape index (κ3) is 4.42. The smallest absolute Gasteiger partial charge is 0.118 e. The van der Waals surface area contributed by atoms with Crippen LogP contribution in [0.1, 0.15) is 23.6 Å². The lowest BCUT2D eigenvalue weighted by atomic mass is 9.77. The Bertz CT molecular complexity index is 970. The second-order valence-electron chi connectivity index (χ2n) is 7.64. The van der Waals surface area contributed by atoms with Crippen molar-refractivity contribution in [3.63, 3.8) is 0 Å². The average molecular weight is 433 g/mol. The summed E-state index contributed by atoms with van der Waals surface area (Å²) < 4.78 is 10.8. The first-order valence-corrected chi connectivity index (χ1v) is 11.6. The number of ether oxygens (including phenoxy) is 2. The Morgan fingerprint density at radius 1 is 0.806 bits per heavy atom. The molecule has 0 radical (unpaired) electrons. The van der Waals surface area contributed by atoms with Gasteiger partial charge in [0, 0.05) is 5.75 Å². The van der Waals surface area contributed by atoms with E-state index in [1.54, 1.807) is 14.2 Å². The van der Waals surface area contributed by atoms with E-state index in [1.807, 2.05) is 42.1 Å². The van der Waals surface area contributed by atoms with E-state index in [0.717, 1.165) is 45.5 Å². The van der Waals surface area contributed by atoms with Gasteiger partial charge in [0.25, 0.3) is 0 Å². The van der Waals surface area contributed by atoms with E-state index in [4.69, 9.17) is 14.5 Å².